The molecule has 0 N–H and O–H groups in total. The van der Waals surface area contributed by atoms with Gasteiger partial charge in [0.1, 0.15) is 5.75 Å². The second-order valence-corrected chi connectivity index (χ2v) is 9.09. The summed E-state index contributed by atoms with van der Waals surface area (Å²) < 4.78 is 27.4. The van der Waals surface area contributed by atoms with E-state index in [1.807, 2.05) is 35.2 Å². The van der Waals surface area contributed by atoms with Gasteiger partial charge in [-0.2, -0.15) is 8.42 Å². The van der Waals surface area contributed by atoms with Crippen LogP contribution < -0.4 is 4.18 Å². The predicted molar refractivity (Wildman–Crippen MR) is 110 cm³/mol. The number of carbonyl (C=O) groups is 1. The molecule has 6 heteroatoms. The van der Waals surface area contributed by atoms with Gasteiger partial charge in [-0.1, -0.05) is 49.4 Å². The summed E-state index contributed by atoms with van der Waals surface area (Å²) in [7, 11) is -3.54. The van der Waals surface area contributed by atoms with Gasteiger partial charge in [0, 0.05) is 18.5 Å². The summed E-state index contributed by atoms with van der Waals surface area (Å²) in [5, 5.41) is 0. The summed E-state index contributed by atoms with van der Waals surface area (Å²) in [5.41, 5.74) is 2.18. The first-order valence-electron chi connectivity index (χ1n) is 9.62. The van der Waals surface area contributed by atoms with E-state index < -0.39 is 10.1 Å². The van der Waals surface area contributed by atoms with Gasteiger partial charge in [0.05, 0.1) is 6.26 Å². The minimum absolute atomic E-state index is 0.0456. The SMILES string of the molecule is CCC(C)N(Cc1ccc(OS(C)(=O)=O)cc1)C(=O)C1CC1c1ccccc1. The molecule has 2 aromatic rings. The first-order chi connectivity index (χ1) is 13.3. The Bertz CT molecular complexity index is 909. The van der Waals surface area contributed by atoms with E-state index in [0.29, 0.717) is 12.5 Å². The number of benzene rings is 2. The molecule has 28 heavy (non-hydrogen) atoms. The molecular formula is C22H27NO4S. The molecule has 3 rings (SSSR count). The van der Waals surface area contributed by atoms with Crippen LogP contribution in [0.4, 0.5) is 0 Å². The molecule has 0 radical (unpaired) electrons. The van der Waals surface area contributed by atoms with Crippen LogP contribution in [0, 0.1) is 5.92 Å². The molecule has 1 saturated carbocycles. The fraction of sp³-hybridized carbons (Fsp3) is 0.409. The number of hydrogen-bond donors (Lipinski definition) is 0. The zero-order valence-electron chi connectivity index (χ0n) is 16.5. The lowest BCUT2D eigenvalue weighted by Crippen LogP contribution is -2.39. The summed E-state index contributed by atoms with van der Waals surface area (Å²) in [4.78, 5) is 15.1. The van der Waals surface area contributed by atoms with Crippen LogP contribution in [0.15, 0.2) is 54.6 Å². The molecule has 0 aromatic heterocycles. The van der Waals surface area contributed by atoms with E-state index in [-0.39, 0.29) is 23.6 Å². The molecule has 0 bridgehead atoms. The van der Waals surface area contributed by atoms with E-state index in [9.17, 15) is 13.2 Å². The topological polar surface area (TPSA) is 63.7 Å². The molecule has 0 spiro atoms. The molecular weight excluding hydrogens is 374 g/mol. The Balaban J connectivity index is 1.70. The summed E-state index contributed by atoms with van der Waals surface area (Å²) in [6.45, 7) is 4.65. The highest BCUT2D eigenvalue weighted by Crippen LogP contribution is 2.48. The van der Waals surface area contributed by atoms with Crippen LogP contribution in [-0.4, -0.2) is 31.5 Å². The molecule has 0 aliphatic heterocycles. The number of amides is 1. The van der Waals surface area contributed by atoms with Gasteiger partial charge in [0.25, 0.3) is 0 Å². The smallest absolute Gasteiger partial charge is 0.306 e. The van der Waals surface area contributed by atoms with E-state index in [2.05, 4.69) is 26.0 Å². The van der Waals surface area contributed by atoms with Crippen molar-refractivity contribution < 1.29 is 17.4 Å². The number of nitrogens with zero attached hydrogens (tertiary/aromatic N) is 1. The Morgan fingerprint density at radius 1 is 1.14 bits per heavy atom. The van der Waals surface area contributed by atoms with Gasteiger partial charge in [-0.15, -0.1) is 0 Å². The van der Waals surface area contributed by atoms with Crippen molar-refractivity contribution in [2.24, 2.45) is 5.92 Å². The Labute approximate surface area is 167 Å². The van der Waals surface area contributed by atoms with Crippen molar-refractivity contribution in [1.29, 1.82) is 0 Å². The molecule has 0 heterocycles. The van der Waals surface area contributed by atoms with Crippen molar-refractivity contribution in [3.8, 4) is 5.75 Å². The van der Waals surface area contributed by atoms with Crippen molar-refractivity contribution in [1.82, 2.24) is 4.90 Å². The Kier molecular flexibility index (Phi) is 6.08. The largest absolute Gasteiger partial charge is 0.383 e. The maximum atomic E-state index is 13.2. The van der Waals surface area contributed by atoms with E-state index in [1.54, 1.807) is 12.1 Å². The van der Waals surface area contributed by atoms with Crippen LogP contribution in [0.5, 0.6) is 5.75 Å². The van der Waals surface area contributed by atoms with Crippen LogP contribution in [0.3, 0.4) is 0 Å². The minimum Gasteiger partial charge on any atom is -0.383 e. The molecule has 2 aromatic carbocycles. The summed E-state index contributed by atoms with van der Waals surface area (Å²) >= 11 is 0. The van der Waals surface area contributed by atoms with Crippen molar-refractivity contribution in [2.75, 3.05) is 6.26 Å². The highest BCUT2D eigenvalue weighted by Gasteiger charge is 2.46. The predicted octanol–water partition coefficient (Wildman–Crippen LogP) is 3.96. The number of carbonyl (C=O) groups excluding carboxylic acids is 1. The monoisotopic (exact) mass is 401 g/mol. The van der Waals surface area contributed by atoms with Gasteiger partial charge >= 0.3 is 10.1 Å². The lowest BCUT2D eigenvalue weighted by molar-refractivity contribution is -0.135. The molecule has 150 valence electrons. The third-order valence-electron chi connectivity index (χ3n) is 5.27. The van der Waals surface area contributed by atoms with Crippen LogP contribution >= 0.6 is 0 Å². The summed E-state index contributed by atoms with van der Waals surface area (Å²) in [6, 6.07) is 17.2. The first kappa shape index (κ1) is 20.4. The third kappa shape index (κ3) is 5.13. The van der Waals surface area contributed by atoms with Crippen molar-refractivity contribution in [2.45, 2.75) is 45.2 Å². The molecule has 3 atom stereocenters. The van der Waals surface area contributed by atoms with Crippen LogP contribution in [-0.2, 0) is 21.5 Å². The van der Waals surface area contributed by atoms with Gasteiger partial charge in [0.2, 0.25) is 5.91 Å². The maximum Gasteiger partial charge on any atom is 0.306 e. The average Bonchev–Trinajstić information content (AvgIpc) is 3.47. The van der Waals surface area contributed by atoms with E-state index >= 15 is 0 Å². The van der Waals surface area contributed by atoms with Crippen LogP contribution in [0.1, 0.15) is 43.7 Å². The zero-order chi connectivity index (χ0) is 20.3. The lowest BCUT2D eigenvalue weighted by Gasteiger charge is -2.29. The van der Waals surface area contributed by atoms with Crippen LogP contribution in [0.25, 0.3) is 0 Å². The van der Waals surface area contributed by atoms with Crippen molar-refractivity contribution in [3.63, 3.8) is 0 Å². The normalized spacial score (nSPS) is 19.7. The molecule has 1 aliphatic rings. The number of rotatable bonds is 8. The number of hydrogen-bond acceptors (Lipinski definition) is 4. The van der Waals surface area contributed by atoms with E-state index in [1.165, 1.54) is 5.56 Å². The summed E-state index contributed by atoms with van der Waals surface area (Å²) in [6.07, 6.45) is 2.80. The quantitative estimate of drug-likeness (QED) is 0.628. The standard InChI is InChI=1S/C22H27NO4S/c1-4-16(2)23(15-17-10-12-19(13-11-17)27-28(3,25)26)22(24)21-14-20(21)18-8-6-5-7-9-18/h5-13,16,20-21H,4,14-15H2,1-3H3. The molecule has 1 amide bonds. The third-order valence-corrected chi connectivity index (χ3v) is 5.76. The molecule has 1 fully saturated rings. The van der Waals surface area contributed by atoms with Crippen LogP contribution in [0.2, 0.25) is 0 Å². The molecule has 1 aliphatic carbocycles. The van der Waals surface area contributed by atoms with E-state index in [4.69, 9.17) is 4.18 Å². The molecule has 0 saturated heterocycles. The Hall–Kier alpha value is -2.34. The van der Waals surface area contributed by atoms with E-state index in [0.717, 1.165) is 24.7 Å². The second kappa shape index (κ2) is 8.35. The first-order valence-corrected chi connectivity index (χ1v) is 11.4. The molecule has 3 unspecified atom stereocenters. The highest BCUT2D eigenvalue weighted by atomic mass is 32.2. The Morgan fingerprint density at radius 2 is 1.79 bits per heavy atom. The molecule has 5 nitrogen and oxygen atoms in total. The van der Waals surface area contributed by atoms with Crippen molar-refractivity contribution in [3.05, 3.63) is 65.7 Å². The summed E-state index contributed by atoms with van der Waals surface area (Å²) in [5.74, 6) is 0.828. The maximum absolute atomic E-state index is 13.2. The van der Waals surface area contributed by atoms with Gasteiger partial charge in [-0.25, -0.2) is 0 Å². The minimum atomic E-state index is -3.54. The van der Waals surface area contributed by atoms with Gasteiger partial charge in [0.15, 0.2) is 0 Å². The van der Waals surface area contributed by atoms with Crippen molar-refractivity contribution >= 4 is 16.0 Å². The fourth-order valence-corrected chi connectivity index (χ4v) is 3.90. The van der Waals surface area contributed by atoms with Gasteiger partial charge in [-0.05, 0) is 48.9 Å². The van der Waals surface area contributed by atoms with Gasteiger partial charge in [-0.3, -0.25) is 4.79 Å². The zero-order valence-corrected chi connectivity index (χ0v) is 17.4. The average molecular weight is 402 g/mol. The van der Waals surface area contributed by atoms with Gasteiger partial charge < -0.3 is 9.08 Å². The second-order valence-electron chi connectivity index (χ2n) is 7.51. The Morgan fingerprint density at radius 3 is 2.36 bits per heavy atom. The fourth-order valence-electron chi connectivity index (χ4n) is 3.44. The lowest BCUT2D eigenvalue weighted by atomic mass is 10.1. The highest BCUT2D eigenvalue weighted by molar-refractivity contribution is 7.86.